The minimum Gasteiger partial charge on any atom is -0.486 e. The molecule has 1 aliphatic rings. The lowest BCUT2D eigenvalue weighted by Gasteiger charge is -2.19. The lowest BCUT2D eigenvalue weighted by molar-refractivity contribution is 0.171. The van der Waals surface area contributed by atoms with E-state index in [1.165, 1.54) is 16.7 Å². The smallest absolute Gasteiger partial charge is 0.161 e. The molecular formula is C18H21NO2. The lowest BCUT2D eigenvalue weighted by Crippen LogP contribution is -2.17. The quantitative estimate of drug-likeness (QED) is 0.913. The Morgan fingerprint density at radius 2 is 1.67 bits per heavy atom. The molecule has 3 rings (SSSR count). The maximum absolute atomic E-state index is 5.61. The van der Waals surface area contributed by atoms with Crippen molar-refractivity contribution in [3.8, 4) is 11.5 Å². The average Bonchev–Trinajstić information content (AvgIpc) is 2.55. The Morgan fingerprint density at radius 1 is 0.905 bits per heavy atom. The zero-order valence-electron chi connectivity index (χ0n) is 12.4. The molecule has 1 aliphatic heterocycles. The zero-order chi connectivity index (χ0) is 14.5. The van der Waals surface area contributed by atoms with Crippen LogP contribution in [0.2, 0.25) is 0 Å². The van der Waals surface area contributed by atoms with Gasteiger partial charge in [-0.1, -0.05) is 37.3 Å². The Balaban J connectivity index is 1.60. The molecule has 0 aliphatic carbocycles. The summed E-state index contributed by atoms with van der Waals surface area (Å²) in [5, 5.41) is 3.50. The van der Waals surface area contributed by atoms with Gasteiger partial charge in [-0.3, -0.25) is 0 Å². The van der Waals surface area contributed by atoms with E-state index in [-0.39, 0.29) is 0 Å². The fourth-order valence-corrected chi connectivity index (χ4v) is 2.61. The molecule has 0 spiro atoms. The van der Waals surface area contributed by atoms with Crippen LogP contribution in [-0.2, 0) is 19.5 Å². The third-order valence-corrected chi connectivity index (χ3v) is 3.75. The molecule has 2 aromatic rings. The van der Waals surface area contributed by atoms with Gasteiger partial charge in [0.2, 0.25) is 0 Å². The largest absolute Gasteiger partial charge is 0.486 e. The molecule has 21 heavy (non-hydrogen) atoms. The van der Waals surface area contributed by atoms with Gasteiger partial charge in [0.15, 0.2) is 11.5 Å². The predicted molar refractivity (Wildman–Crippen MR) is 83.8 cm³/mol. The maximum Gasteiger partial charge on any atom is 0.161 e. The first-order chi connectivity index (χ1) is 10.4. The summed E-state index contributed by atoms with van der Waals surface area (Å²) in [6, 6.07) is 14.7. The van der Waals surface area contributed by atoms with E-state index >= 15 is 0 Å². The molecule has 0 atom stereocenters. The molecule has 3 heteroatoms. The Bertz CT molecular complexity index is 610. The van der Waals surface area contributed by atoms with Gasteiger partial charge in [-0.15, -0.1) is 0 Å². The third-order valence-electron chi connectivity index (χ3n) is 3.75. The fraction of sp³-hybridized carbons (Fsp3) is 0.333. The standard InChI is InChI=1S/C18H21NO2/c1-2-15-5-3-4-6-16(15)13-19-12-14-7-8-17-18(11-14)21-10-9-20-17/h3-8,11,19H,2,9-10,12-13H2,1H3. The van der Waals surface area contributed by atoms with Crippen LogP contribution in [0, 0.1) is 0 Å². The van der Waals surface area contributed by atoms with Gasteiger partial charge in [-0.25, -0.2) is 0 Å². The van der Waals surface area contributed by atoms with E-state index in [1.54, 1.807) is 0 Å². The summed E-state index contributed by atoms with van der Waals surface area (Å²) in [6.07, 6.45) is 1.07. The number of rotatable bonds is 5. The van der Waals surface area contributed by atoms with Crippen molar-refractivity contribution in [3.05, 3.63) is 59.2 Å². The second-order valence-corrected chi connectivity index (χ2v) is 5.20. The van der Waals surface area contributed by atoms with Crippen molar-refractivity contribution in [3.63, 3.8) is 0 Å². The molecule has 3 nitrogen and oxygen atoms in total. The normalized spacial score (nSPS) is 13.2. The lowest BCUT2D eigenvalue weighted by atomic mass is 10.1. The van der Waals surface area contributed by atoms with E-state index in [2.05, 4.69) is 48.6 Å². The molecular weight excluding hydrogens is 262 g/mol. The van der Waals surface area contributed by atoms with Gasteiger partial charge in [0.05, 0.1) is 0 Å². The van der Waals surface area contributed by atoms with Crippen LogP contribution in [0.15, 0.2) is 42.5 Å². The Labute approximate surface area is 125 Å². The van der Waals surface area contributed by atoms with Crippen molar-refractivity contribution < 1.29 is 9.47 Å². The highest BCUT2D eigenvalue weighted by Gasteiger charge is 2.11. The molecule has 0 saturated carbocycles. The van der Waals surface area contributed by atoms with E-state index in [1.807, 2.05) is 6.07 Å². The Morgan fingerprint density at radius 3 is 2.48 bits per heavy atom. The van der Waals surface area contributed by atoms with Crippen molar-refractivity contribution in [1.29, 1.82) is 0 Å². The van der Waals surface area contributed by atoms with Gasteiger partial charge >= 0.3 is 0 Å². The van der Waals surface area contributed by atoms with E-state index in [0.717, 1.165) is 31.0 Å². The number of benzene rings is 2. The summed E-state index contributed by atoms with van der Waals surface area (Å²) < 4.78 is 11.1. The van der Waals surface area contributed by atoms with Crippen molar-refractivity contribution in [1.82, 2.24) is 5.32 Å². The zero-order valence-corrected chi connectivity index (χ0v) is 12.4. The van der Waals surface area contributed by atoms with Crippen molar-refractivity contribution in [2.75, 3.05) is 13.2 Å². The van der Waals surface area contributed by atoms with Gasteiger partial charge < -0.3 is 14.8 Å². The van der Waals surface area contributed by atoms with E-state index in [4.69, 9.17) is 9.47 Å². The predicted octanol–water partition coefficient (Wildman–Crippen LogP) is 3.31. The number of hydrogen-bond acceptors (Lipinski definition) is 3. The molecule has 0 unspecified atom stereocenters. The molecule has 2 aromatic carbocycles. The minimum absolute atomic E-state index is 0.633. The summed E-state index contributed by atoms with van der Waals surface area (Å²) in [4.78, 5) is 0. The first-order valence-corrected chi connectivity index (χ1v) is 7.53. The summed E-state index contributed by atoms with van der Waals surface area (Å²) in [6.45, 7) is 5.18. The summed E-state index contributed by atoms with van der Waals surface area (Å²) in [5.74, 6) is 1.70. The molecule has 0 saturated heterocycles. The highest BCUT2D eigenvalue weighted by Crippen LogP contribution is 2.30. The SMILES string of the molecule is CCc1ccccc1CNCc1ccc2c(c1)OCCO2. The van der Waals surface area contributed by atoms with E-state index in [0.29, 0.717) is 13.2 Å². The second kappa shape index (κ2) is 6.64. The number of aryl methyl sites for hydroxylation is 1. The van der Waals surface area contributed by atoms with Crippen molar-refractivity contribution >= 4 is 0 Å². The summed E-state index contributed by atoms with van der Waals surface area (Å²) in [7, 11) is 0. The van der Waals surface area contributed by atoms with Gasteiger partial charge in [0.1, 0.15) is 13.2 Å². The van der Waals surface area contributed by atoms with Gasteiger partial charge in [0.25, 0.3) is 0 Å². The molecule has 110 valence electrons. The molecule has 1 heterocycles. The van der Waals surface area contributed by atoms with Crippen LogP contribution in [0.3, 0.4) is 0 Å². The Hall–Kier alpha value is -2.00. The van der Waals surface area contributed by atoms with Crippen LogP contribution >= 0.6 is 0 Å². The molecule has 0 amide bonds. The summed E-state index contributed by atoms with van der Waals surface area (Å²) in [5.41, 5.74) is 4.00. The second-order valence-electron chi connectivity index (χ2n) is 5.20. The topological polar surface area (TPSA) is 30.5 Å². The van der Waals surface area contributed by atoms with Crippen molar-refractivity contribution in [2.24, 2.45) is 0 Å². The monoisotopic (exact) mass is 283 g/mol. The molecule has 0 bridgehead atoms. The third kappa shape index (κ3) is 3.37. The first kappa shape index (κ1) is 14.0. The summed E-state index contributed by atoms with van der Waals surface area (Å²) >= 11 is 0. The number of nitrogens with one attached hydrogen (secondary N) is 1. The first-order valence-electron chi connectivity index (χ1n) is 7.53. The number of fused-ring (bicyclic) bond motifs is 1. The van der Waals surface area contributed by atoms with Crippen LogP contribution in [0.1, 0.15) is 23.6 Å². The van der Waals surface area contributed by atoms with Gasteiger partial charge in [-0.05, 0) is 35.2 Å². The van der Waals surface area contributed by atoms with E-state index in [9.17, 15) is 0 Å². The fourth-order valence-electron chi connectivity index (χ4n) is 2.61. The van der Waals surface area contributed by atoms with E-state index < -0.39 is 0 Å². The minimum atomic E-state index is 0.633. The molecule has 0 aromatic heterocycles. The van der Waals surface area contributed by atoms with Gasteiger partial charge in [-0.2, -0.15) is 0 Å². The highest BCUT2D eigenvalue weighted by molar-refractivity contribution is 5.43. The van der Waals surface area contributed by atoms with Crippen LogP contribution in [0.5, 0.6) is 11.5 Å². The van der Waals surface area contributed by atoms with Crippen molar-refractivity contribution in [2.45, 2.75) is 26.4 Å². The molecule has 0 fully saturated rings. The highest BCUT2D eigenvalue weighted by atomic mass is 16.6. The average molecular weight is 283 g/mol. The van der Waals surface area contributed by atoms with Crippen LogP contribution in [-0.4, -0.2) is 13.2 Å². The van der Waals surface area contributed by atoms with Crippen LogP contribution in [0.25, 0.3) is 0 Å². The molecule has 0 radical (unpaired) electrons. The van der Waals surface area contributed by atoms with Gasteiger partial charge in [0, 0.05) is 13.1 Å². The van der Waals surface area contributed by atoms with Crippen LogP contribution < -0.4 is 14.8 Å². The number of hydrogen-bond donors (Lipinski definition) is 1. The van der Waals surface area contributed by atoms with Crippen LogP contribution in [0.4, 0.5) is 0 Å². The Kier molecular flexibility index (Phi) is 4.41. The maximum atomic E-state index is 5.61. The number of ether oxygens (including phenoxy) is 2. The molecule has 1 N–H and O–H groups in total.